The Bertz CT molecular complexity index is 821. The van der Waals surface area contributed by atoms with Crippen molar-refractivity contribution in [1.29, 1.82) is 0 Å². The average molecular weight is 355 g/mol. The number of carboxylic acid groups (broad SMARTS) is 1. The summed E-state index contributed by atoms with van der Waals surface area (Å²) in [5.74, 6) is -1.83. The van der Waals surface area contributed by atoms with Crippen molar-refractivity contribution in [2.75, 3.05) is 18.0 Å². The van der Waals surface area contributed by atoms with Gasteiger partial charge in [0.2, 0.25) is 0 Å². The summed E-state index contributed by atoms with van der Waals surface area (Å²) in [7, 11) is 0. The number of carbonyl (C=O) groups excluding carboxylic acids is 1. The van der Waals surface area contributed by atoms with Crippen LogP contribution in [0.4, 0.5) is 5.69 Å². The number of ketones is 1. The van der Waals surface area contributed by atoms with Crippen molar-refractivity contribution in [3.05, 3.63) is 59.2 Å². The molecule has 0 spiro atoms. The molecule has 2 aromatic carbocycles. The van der Waals surface area contributed by atoms with Gasteiger partial charge in [0.15, 0.2) is 5.78 Å². The maximum atomic E-state index is 12.7. The third-order valence-corrected chi connectivity index (χ3v) is 4.04. The van der Waals surface area contributed by atoms with E-state index in [4.69, 9.17) is 0 Å². The summed E-state index contributed by atoms with van der Waals surface area (Å²) in [5, 5.41) is 19.7. The predicted molar refractivity (Wildman–Crippen MR) is 102 cm³/mol. The molecule has 0 saturated heterocycles. The number of phenolic OH excluding ortho intramolecular Hbond substituents is 1. The minimum Gasteiger partial charge on any atom is -0.507 e. The molecule has 2 aromatic rings. The smallest absolute Gasteiger partial charge is 0.336 e. The summed E-state index contributed by atoms with van der Waals surface area (Å²) < 4.78 is 0. The molecule has 0 bridgehead atoms. The van der Waals surface area contributed by atoms with Gasteiger partial charge in [-0.1, -0.05) is 39.0 Å². The minimum absolute atomic E-state index is 0.0603. The maximum Gasteiger partial charge on any atom is 0.336 e. The highest BCUT2D eigenvalue weighted by Crippen LogP contribution is 2.29. The van der Waals surface area contributed by atoms with Crippen LogP contribution in [0, 0.1) is 5.41 Å². The first-order valence-corrected chi connectivity index (χ1v) is 8.59. The van der Waals surface area contributed by atoms with E-state index >= 15 is 0 Å². The van der Waals surface area contributed by atoms with Crippen molar-refractivity contribution in [1.82, 2.24) is 0 Å². The Kier molecular flexibility index (Phi) is 5.70. The summed E-state index contributed by atoms with van der Waals surface area (Å²) in [4.78, 5) is 26.2. The monoisotopic (exact) mass is 355 g/mol. The predicted octanol–water partition coefficient (Wildman–Crippen LogP) is 4.19. The standard InChI is InChI=1S/C21H25NO4/c1-5-22(13-21(2,3)4)14-10-11-17(18(23)12-14)19(24)15-8-6-7-9-16(15)20(25)26/h6-12,23H,5,13H2,1-4H3,(H,25,26). The molecule has 0 unspecified atom stereocenters. The Balaban J connectivity index is 2.38. The normalized spacial score (nSPS) is 11.2. The molecule has 0 aromatic heterocycles. The van der Waals surface area contributed by atoms with E-state index in [0.29, 0.717) is 0 Å². The zero-order chi connectivity index (χ0) is 19.5. The second-order valence-electron chi connectivity index (χ2n) is 7.46. The van der Waals surface area contributed by atoms with Gasteiger partial charge in [-0.25, -0.2) is 4.79 Å². The van der Waals surface area contributed by atoms with Gasteiger partial charge in [0, 0.05) is 30.4 Å². The van der Waals surface area contributed by atoms with Gasteiger partial charge in [0.25, 0.3) is 0 Å². The first-order valence-electron chi connectivity index (χ1n) is 8.59. The molecule has 5 nitrogen and oxygen atoms in total. The molecule has 2 N–H and O–H groups in total. The molecule has 0 amide bonds. The Morgan fingerprint density at radius 3 is 2.12 bits per heavy atom. The number of anilines is 1. The maximum absolute atomic E-state index is 12.7. The largest absolute Gasteiger partial charge is 0.507 e. The number of hydrogen-bond donors (Lipinski definition) is 2. The number of benzene rings is 2. The van der Waals surface area contributed by atoms with Crippen LogP contribution in [0.2, 0.25) is 0 Å². The zero-order valence-electron chi connectivity index (χ0n) is 15.6. The highest BCUT2D eigenvalue weighted by atomic mass is 16.4. The Hall–Kier alpha value is -2.82. The van der Waals surface area contributed by atoms with Crippen molar-refractivity contribution in [3.63, 3.8) is 0 Å². The lowest BCUT2D eigenvalue weighted by Crippen LogP contribution is -2.32. The van der Waals surface area contributed by atoms with Crippen LogP contribution in [0.3, 0.4) is 0 Å². The summed E-state index contributed by atoms with van der Waals surface area (Å²) in [5.41, 5.74) is 0.979. The van der Waals surface area contributed by atoms with E-state index in [0.717, 1.165) is 18.8 Å². The van der Waals surface area contributed by atoms with E-state index < -0.39 is 11.8 Å². The zero-order valence-corrected chi connectivity index (χ0v) is 15.6. The van der Waals surface area contributed by atoms with E-state index in [2.05, 4.69) is 25.7 Å². The molecule has 0 radical (unpaired) electrons. The molecule has 0 aliphatic carbocycles. The number of rotatable bonds is 6. The van der Waals surface area contributed by atoms with E-state index in [1.165, 1.54) is 12.1 Å². The number of carbonyl (C=O) groups is 2. The number of aromatic hydroxyl groups is 1. The molecule has 0 saturated carbocycles. The van der Waals surface area contributed by atoms with Crippen molar-refractivity contribution in [2.45, 2.75) is 27.7 Å². The molecular weight excluding hydrogens is 330 g/mol. The first kappa shape index (κ1) is 19.5. The van der Waals surface area contributed by atoms with E-state index in [9.17, 15) is 19.8 Å². The van der Waals surface area contributed by atoms with Gasteiger partial charge in [-0.3, -0.25) is 4.79 Å². The first-order chi connectivity index (χ1) is 12.1. The topological polar surface area (TPSA) is 77.8 Å². The molecule has 138 valence electrons. The fraction of sp³-hybridized carbons (Fsp3) is 0.333. The van der Waals surface area contributed by atoms with Gasteiger partial charge >= 0.3 is 5.97 Å². The van der Waals surface area contributed by atoms with E-state index in [-0.39, 0.29) is 27.9 Å². The summed E-state index contributed by atoms with van der Waals surface area (Å²) >= 11 is 0. The molecule has 0 fully saturated rings. The number of carboxylic acids is 1. The van der Waals surface area contributed by atoms with Crippen molar-refractivity contribution >= 4 is 17.4 Å². The molecule has 26 heavy (non-hydrogen) atoms. The van der Waals surface area contributed by atoms with Crippen molar-refractivity contribution in [3.8, 4) is 5.75 Å². The quantitative estimate of drug-likeness (QED) is 0.760. The summed E-state index contributed by atoms with van der Waals surface area (Å²) in [6.45, 7) is 10.0. The average Bonchev–Trinajstić information content (AvgIpc) is 2.58. The second-order valence-corrected chi connectivity index (χ2v) is 7.46. The highest BCUT2D eigenvalue weighted by molar-refractivity contribution is 6.15. The van der Waals surface area contributed by atoms with Crippen LogP contribution in [0.5, 0.6) is 5.75 Å². The Labute approximate surface area is 153 Å². The molecule has 0 heterocycles. The number of nitrogens with zero attached hydrogens (tertiary/aromatic N) is 1. The van der Waals surface area contributed by atoms with Crippen LogP contribution in [-0.4, -0.2) is 35.1 Å². The van der Waals surface area contributed by atoms with Crippen LogP contribution in [-0.2, 0) is 0 Å². The van der Waals surface area contributed by atoms with Crippen molar-refractivity contribution in [2.24, 2.45) is 5.41 Å². The number of phenols is 1. The van der Waals surface area contributed by atoms with Crippen LogP contribution < -0.4 is 4.90 Å². The number of hydrogen-bond acceptors (Lipinski definition) is 4. The molecular formula is C21H25NO4. The van der Waals surface area contributed by atoms with Crippen LogP contribution in [0.15, 0.2) is 42.5 Å². The van der Waals surface area contributed by atoms with Gasteiger partial charge in [-0.15, -0.1) is 0 Å². The molecule has 5 heteroatoms. The van der Waals surface area contributed by atoms with E-state index in [1.807, 2.05) is 6.92 Å². The lowest BCUT2D eigenvalue weighted by molar-refractivity contribution is 0.0692. The Morgan fingerprint density at radius 1 is 1.00 bits per heavy atom. The van der Waals surface area contributed by atoms with Crippen LogP contribution in [0.25, 0.3) is 0 Å². The molecule has 0 aliphatic heterocycles. The summed E-state index contributed by atoms with van der Waals surface area (Å²) in [6, 6.07) is 10.9. The van der Waals surface area contributed by atoms with E-state index in [1.54, 1.807) is 30.3 Å². The fourth-order valence-corrected chi connectivity index (χ4v) is 2.88. The van der Waals surface area contributed by atoms with Crippen LogP contribution >= 0.6 is 0 Å². The van der Waals surface area contributed by atoms with Gasteiger partial charge in [-0.2, -0.15) is 0 Å². The molecule has 2 rings (SSSR count). The van der Waals surface area contributed by atoms with Gasteiger partial charge in [-0.05, 0) is 30.5 Å². The lowest BCUT2D eigenvalue weighted by Gasteiger charge is -2.31. The lowest BCUT2D eigenvalue weighted by atomic mass is 9.95. The fourth-order valence-electron chi connectivity index (χ4n) is 2.88. The Morgan fingerprint density at radius 2 is 1.62 bits per heavy atom. The van der Waals surface area contributed by atoms with Crippen LogP contribution in [0.1, 0.15) is 54.0 Å². The molecule has 0 atom stereocenters. The highest BCUT2D eigenvalue weighted by Gasteiger charge is 2.21. The number of aromatic carboxylic acids is 1. The SMILES string of the molecule is CCN(CC(C)(C)C)c1ccc(C(=O)c2ccccc2C(=O)O)c(O)c1. The third kappa shape index (κ3) is 4.42. The van der Waals surface area contributed by atoms with Gasteiger partial charge < -0.3 is 15.1 Å². The third-order valence-electron chi connectivity index (χ3n) is 4.04. The minimum atomic E-state index is -1.17. The summed E-state index contributed by atoms with van der Waals surface area (Å²) in [6.07, 6.45) is 0. The van der Waals surface area contributed by atoms with Gasteiger partial charge in [0.05, 0.1) is 11.1 Å². The van der Waals surface area contributed by atoms with Gasteiger partial charge in [0.1, 0.15) is 5.75 Å². The second kappa shape index (κ2) is 7.60. The molecule has 0 aliphatic rings. The van der Waals surface area contributed by atoms with Crippen molar-refractivity contribution < 1.29 is 19.8 Å².